The Bertz CT molecular complexity index is 310. The third kappa shape index (κ3) is 3.34. The van der Waals surface area contributed by atoms with Crippen LogP contribution in [0.3, 0.4) is 0 Å². The largest absolute Gasteiger partial charge is 0.466 e. The minimum Gasteiger partial charge on any atom is -0.466 e. The number of carbonyl (C=O) groups excluding carboxylic acids is 1. The van der Waals surface area contributed by atoms with Gasteiger partial charge < -0.3 is 14.2 Å². The van der Waals surface area contributed by atoms with Gasteiger partial charge in [-0.1, -0.05) is 26.2 Å². The lowest BCUT2D eigenvalue weighted by atomic mass is 9.69. The predicted molar refractivity (Wildman–Crippen MR) is 76.3 cm³/mol. The summed E-state index contributed by atoms with van der Waals surface area (Å²) in [6, 6.07) is 0. The normalized spacial score (nSPS) is 23.9. The van der Waals surface area contributed by atoms with Crippen molar-refractivity contribution in [3.05, 3.63) is 0 Å². The molecule has 1 aliphatic carbocycles. The van der Waals surface area contributed by atoms with Crippen LogP contribution in [-0.4, -0.2) is 31.6 Å². The Morgan fingerprint density at radius 1 is 1.05 bits per heavy atom. The molecular weight excluding hydrogens is 256 g/mol. The van der Waals surface area contributed by atoms with Crippen molar-refractivity contribution in [1.29, 1.82) is 0 Å². The van der Waals surface area contributed by atoms with E-state index in [4.69, 9.17) is 14.2 Å². The fourth-order valence-electron chi connectivity index (χ4n) is 3.45. The van der Waals surface area contributed by atoms with Gasteiger partial charge in [0.1, 0.15) is 0 Å². The molecule has 0 radical (unpaired) electrons. The molecule has 0 aromatic carbocycles. The Balaban J connectivity index is 1.99. The van der Waals surface area contributed by atoms with Crippen molar-refractivity contribution in [3.63, 3.8) is 0 Å². The maximum Gasteiger partial charge on any atom is 0.312 e. The lowest BCUT2D eigenvalue weighted by Gasteiger charge is -2.42. The van der Waals surface area contributed by atoms with Crippen LogP contribution in [0.4, 0.5) is 0 Å². The number of esters is 1. The molecule has 2 aliphatic rings. The van der Waals surface area contributed by atoms with E-state index in [1.165, 1.54) is 12.8 Å². The van der Waals surface area contributed by atoms with E-state index in [9.17, 15) is 4.79 Å². The molecule has 116 valence electrons. The molecule has 0 amide bonds. The van der Waals surface area contributed by atoms with Crippen molar-refractivity contribution in [2.45, 2.75) is 71.0 Å². The molecule has 20 heavy (non-hydrogen) atoms. The number of rotatable bonds is 6. The van der Waals surface area contributed by atoms with Gasteiger partial charge in [0.25, 0.3) is 0 Å². The summed E-state index contributed by atoms with van der Waals surface area (Å²) < 4.78 is 16.9. The molecule has 0 aromatic heterocycles. The summed E-state index contributed by atoms with van der Waals surface area (Å²) in [5.74, 6) is -0.412. The van der Waals surface area contributed by atoms with Gasteiger partial charge in [-0.2, -0.15) is 0 Å². The molecule has 4 nitrogen and oxygen atoms in total. The topological polar surface area (TPSA) is 44.8 Å². The van der Waals surface area contributed by atoms with Crippen LogP contribution < -0.4 is 0 Å². The van der Waals surface area contributed by atoms with Crippen LogP contribution in [0.25, 0.3) is 0 Å². The second kappa shape index (κ2) is 6.90. The highest BCUT2D eigenvalue weighted by Crippen LogP contribution is 2.48. The van der Waals surface area contributed by atoms with Crippen molar-refractivity contribution in [1.82, 2.24) is 0 Å². The van der Waals surface area contributed by atoms with Gasteiger partial charge in [0.05, 0.1) is 25.2 Å². The van der Waals surface area contributed by atoms with Crippen molar-refractivity contribution < 1.29 is 19.0 Å². The summed E-state index contributed by atoms with van der Waals surface area (Å²) in [4.78, 5) is 12.4. The predicted octanol–water partition coefficient (Wildman–Crippen LogP) is 3.43. The summed E-state index contributed by atoms with van der Waals surface area (Å²) >= 11 is 0. The van der Waals surface area contributed by atoms with Gasteiger partial charge >= 0.3 is 5.97 Å². The number of ether oxygens (including phenoxy) is 3. The monoisotopic (exact) mass is 284 g/mol. The summed E-state index contributed by atoms with van der Waals surface area (Å²) in [5, 5.41) is 0. The van der Waals surface area contributed by atoms with Gasteiger partial charge in [0, 0.05) is 12.8 Å². The Morgan fingerprint density at radius 2 is 1.70 bits per heavy atom. The van der Waals surface area contributed by atoms with Crippen LogP contribution in [0.15, 0.2) is 0 Å². The van der Waals surface area contributed by atoms with E-state index in [0.717, 1.165) is 38.5 Å². The molecule has 1 aliphatic heterocycles. The molecule has 0 unspecified atom stereocenters. The minimum absolute atomic E-state index is 0.0102. The van der Waals surface area contributed by atoms with Crippen LogP contribution in [0, 0.1) is 5.41 Å². The van der Waals surface area contributed by atoms with Gasteiger partial charge in [-0.05, 0) is 26.2 Å². The Labute approximate surface area is 122 Å². The van der Waals surface area contributed by atoms with E-state index in [2.05, 4.69) is 6.92 Å². The van der Waals surface area contributed by atoms with Gasteiger partial charge in [-0.15, -0.1) is 0 Å². The van der Waals surface area contributed by atoms with Gasteiger partial charge in [0.2, 0.25) is 0 Å². The fraction of sp³-hybridized carbons (Fsp3) is 0.938. The molecule has 0 N–H and O–H groups in total. The fourth-order valence-corrected chi connectivity index (χ4v) is 3.45. The summed E-state index contributed by atoms with van der Waals surface area (Å²) in [6.07, 6.45) is 7.69. The molecule has 2 fully saturated rings. The third-order valence-electron chi connectivity index (χ3n) is 4.75. The summed E-state index contributed by atoms with van der Waals surface area (Å²) in [7, 11) is 0. The lowest BCUT2D eigenvalue weighted by Crippen LogP contribution is -2.44. The first-order valence-electron chi connectivity index (χ1n) is 8.11. The molecular formula is C16H28O4. The van der Waals surface area contributed by atoms with Crippen molar-refractivity contribution >= 4 is 5.97 Å². The van der Waals surface area contributed by atoms with E-state index in [1.807, 2.05) is 6.92 Å². The van der Waals surface area contributed by atoms with E-state index >= 15 is 0 Å². The Kier molecular flexibility index (Phi) is 5.44. The molecule has 1 saturated carbocycles. The number of hydrogen-bond donors (Lipinski definition) is 0. The summed E-state index contributed by atoms with van der Waals surface area (Å²) in [5.41, 5.74) is -0.300. The third-order valence-corrected chi connectivity index (χ3v) is 4.75. The van der Waals surface area contributed by atoms with E-state index in [-0.39, 0.29) is 11.4 Å². The van der Waals surface area contributed by atoms with Crippen molar-refractivity contribution in [2.75, 3.05) is 19.8 Å². The minimum atomic E-state index is -0.402. The van der Waals surface area contributed by atoms with Gasteiger partial charge in [0.15, 0.2) is 5.79 Å². The van der Waals surface area contributed by atoms with Crippen LogP contribution in [0.1, 0.15) is 65.2 Å². The van der Waals surface area contributed by atoms with Crippen molar-refractivity contribution in [3.8, 4) is 0 Å². The molecule has 1 spiro atoms. The number of carbonyl (C=O) groups is 1. The molecule has 0 bridgehead atoms. The highest BCUT2D eigenvalue weighted by Gasteiger charge is 2.50. The van der Waals surface area contributed by atoms with Crippen molar-refractivity contribution in [2.24, 2.45) is 5.41 Å². The Hall–Kier alpha value is -0.610. The highest BCUT2D eigenvalue weighted by atomic mass is 16.7. The Morgan fingerprint density at radius 3 is 2.25 bits per heavy atom. The number of unbranched alkanes of at least 4 members (excludes halogenated alkanes) is 2. The van der Waals surface area contributed by atoms with Gasteiger partial charge in [-0.3, -0.25) is 4.79 Å². The first kappa shape index (κ1) is 15.8. The van der Waals surface area contributed by atoms with Gasteiger partial charge in [-0.25, -0.2) is 0 Å². The smallest absolute Gasteiger partial charge is 0.312 e. The quantitative estimate of drug-likeness (QED) is 0.553. The van der Waals surface area contributed by atoms with Crippen LogP contribution in [0.5, 0.6) is 0 Å². The highest BCUT2D eigenvalue weighted by molar-refractivity contribution is 5.77. The van der Waals surface area contributed by atoms with E-state index in [1.54, 1.807) is 0 Å². The standard InChI is InChI=1S/C16H28O4/c1-3-5-6-7-15(14(17)18-4-2)8-10-16(11-9-15)19-12-13-20-16/h3-13H2,1-2H3. The zero-order valence-electron chi connectivity index (χ0n) is 12.9. The zero-order chi connectivity index (χ0) is 14.5. The molecule has 1 heterocycles. The second-order valence-corrected chi connectivity index (χ2v) is 6.07. The van der Waals surface area contributed by atoms with Crippen LogP contribution in [0.2, 0.25) is 0 Å². The van der Waals surface area contributed by atoms with Crippen LogP contribution in [-0.2, 0) is 19.0 Å². The van der Waals surface area contributed by atoms with E-state index < -0.39 is 5.79 Å². The van der Waals surface area contributed by atoms with E-state index in [0.29, 0.717) is 19.8 Å². The molecule has 2 rings (SSSR count). The van der Waals surface area contributed by atoms with Crippen LogP contribution >= 0.6 is 0 Å². The zero-order valence-corrected chi connectivity index (χ0v) is 12.9. The maximum absolute atomic E-state index is 12.4. The molecule has 4 heteroatoms. The summed E-state index contributed by atoms with van der Waals surface area (Å²) in [6.45, 7) is 5.90. The SMILES string of the molecule is CCCCCC1(C(=O)OCC)CCC2(CC1)OCCO2. The molecule has 0 atom stereocenters. The first-order chi connectivity index (χ1) is 9.66. The first-order valence-corrected chi connectivity index (χ1v) is 8.11. The maximum atomic E-state index is 12.4. The number of hydrogen-bond acceptors (Lipinski definition) is 4. The average molecular weight is 284 g/mol. The lowest BCUT2D eigenvalue weighted by molar-refractivity contribution is -0.200. The molecule has 0 aromatic rings. The average Bonchev–Trinajstić information content (AvgIpc) is 2.91. The molecule has 1 saturated heterocycles. The second-order valence-electron chi connectivity index (χ2n) is 6.07.